The van der Waals surface area contributed by atoms with Gasteiger partial charge in [0.05, 0.1) is 5.69 Å². The Morgan fingerprint density at radius 1 is 1.05 bits per heavy atom. The largest absolute Gasteiger partial charge is 0.370 e. The van der Waals surface area contributed by atoms with E-state index in [4.69, 9.17) is 11.5 Å². The Kier molecular flexibility index (Phi) is 7.28. The third kappa shape index (κ3) is 4.53. The summed E-state index contributed by atoms with van der Waals surface area (Å²) < 4.78 is 0. The van der Waals surface area contributed by atoms with Crippen molar-refractivity contribution in [2.75, 3.05) is 0 Å². The summed E-state index contributed by atoms with van der Waals surface area (Å²) in [7, 11) is 0. The van der Waals surface area contributed by atoms with Gasteiger partial charge in [-0.25, -0.2) is 0 Å². The highest BCUT2D eigenvalue weighted by Gasteiger charge is 2.06. The molecule has 4 N–H and O–H groups in total. The summed E-state index contributed by atoms with van der Waals surface area (Å²) >= 11 is 0. The van der Waals surface area contributed by atoms with E-state index in [0.717, 1.165) is 11.3 Å². The van der Waals surface area contributed by atoms with E-state index in [1.54, 1.807) is 24.4 Å². The van der Waals surface area contributed by atoms with Crippen molar-refractivity contribution >= 4 is 36.7 Å². The van der Waals surface area contributed by atoms with Crippen molar-refractivity contribution in [2.24, 2.45) is 16.5 Å². The first-order valence-corrected chi connectivity index (χ1v) is 5.32. The highest BCUT2D eigenvalue weighted by molar-refractivity contribution is 6.02. The number of halogens is 2. The lowest BCUT2D eigenvalue weighted by Crippen LogP contribution is -2.24. The van der Waals surface area contributed by atoms with E-state index in [0.29, 0.717) is 5.56 Å². The second-order valence-electron chi connectivity index (χ2n) is 3.64. The predicted octanol–water partition coefficient (Wildman–Crippen LogP) is 2.01. The summed E-state index contributed by atoms with van der Waals surface area (Å²) in [6.07, 6.45) is 1.69. The number of nitrogens with zero attached hydrogens (tertiary/aromatic N) is 2. The fourth-order valence-corrected chi connectivity index (χ4v) is 1.53. The zero-order chi connectivity index (χ0) is 13.0. The Morgan fingerprint density at radius 2 is 1.80 bits per heavy atom. The van der Waals surface area contributed by atoms with Crippen molar-refractivity contribution in [3.63, 3.8) is 0 Å². The molecule has 1 aromatic heterocycles. The van der Waals surface area contributed by atoms with Crippen LogP contribution in [0, 0.1) is 0 Å². The van der Waals surface area contributed by atoms with Crippen LogP contribution < -0.4 is 11.5 Å². The number of benzene rings is 1. The second-order valence-corrected chi connectivity index (χ2v) is 3.64. The lowest BCUT2D eigenvalue weighted by atomic mass is 10.1. The molecule has 0 radical (unpaired) electrons. The number of aromatic nitrogens is 1. The Hall–Kier alpha value is -2.11. The van der Waals surface area contributed by atoms with Crippen LogP contribution in [-0.4, -0.2) is 16.9 Å². The maximum Gasteiger partial charge on any atom is 0.280 e. The topological polar surface area (TPSA) is 94.4 Å². The average Bonchev–Trinajstić information content (AvgIpc) is 2.39. The summed E-state index contributed by atoms with van der Waals surface area (Å²) in [5, 5.41) is 0. The van der Waals surface area contributed by atoms with Crippen molar-refractivity contribution in [2.45, 2.75) is 0 Å². The molecule has 0 aliphatic heterocycles. The van der Waals surface area contributed by atoms with Gasteiger partial charge in [0.2, 0.25) is 0 Å². The van der Waals surface area contributed by atoms with Crippen molar-refractivity contribution < 1.29 is 4.79 Å². The minimum Gasteiger partial charge on any atom is -0.370 e. The molecule has 0 fully saturated rings. The maximum atomic E-state index is 11.7. The van der Waals surface area contributed by atoms with Gasteiger partial charge in [-0.05, 0) is 24.3 Å². The predicted molar refractivity (Wildman–Crippen MR) is 84.3 cm³/mol. The number of aliphatic imine (C=N–C) groups is 1. The molecule has 0 aliphatic carbocycles. The smallest absolute Gasteiger partial charge is 0.280 e. The first-order chi connectivity index (χ1) is 8.66. The van der Waals surface area contributed by atoms with E-state index < -0.39 is 5.91 Å². The van der Waals surface area contributed by atoms with Crippen LogP contribution in [-0.2, 0) is 0 Å². The number of pyridine rings is 1. The van der Waals surface area contributed by atoms with Crippen molar-refractivity contribution in [3.8, 4) is 11.3 Å². The molecule has 1 heterocycles. The summed E-state index contributed by atoms with van der Waals surface area (Å²) in [6.45, 7) is 0. The lowest BCUT2D eigenvalue weighted by Gasteiger charge is -2.02. The highest BCUT2D eigenvalue weighted by atomic mass is 35.5. The summed E-state index contributed by atoms with van der Waals surface area (Å²) in [4.78, 5) is 19.4. The third-order valence-electron chi connectivity index (χ3n) is 2.30. The van der Waals surface area contributed by atoms with Gasteiger partial charge in [-0.2, -0.15) is 4.99 Å². The number of guanidine groups is 1. The normalized spacial score (nSPS) is 8.80. The molecule has 7 heteroatoms. The molecule has 0 aliphatic rings. The summed E-state index contributed by atoms with van der Waals surface area (Å²) in [6, 6.07) is 12.6. The number of hydrogen-bond acceptors (Lipinski definition) is 2. The van der Waals surface area contributed by atoms with Crippen LogP contribution in [0.5, 0.6) is 0 Å². The monoisotopic (exact) mass is 312 g/mol. The molecule has 0 atom stereocenters. The molecule has 106 valence electrons. The van der Waals surface area contributed by atoms with E-state index >= 15 is 0 Å². The standard InChI is InChI=1S/C13H12N4O.2ClH/c14-13(15)17-12(18)10-5-3-4-9(8-10)11-6-1-2-7-16-11;;/h1-8H,(H4,14,15,17,18);2*1H. The number of nitrogens with two attached hydrogens (primary N) is 2. The quantitative estimate of drug-likeness (QED) is 0.655. The molecular formula is C13H14Cl2N4O. The first-order valence-electron chi connectivity index (χ1n) is 5.32. The van der Waals surface area contributed by atoms with E-state index in [9.17, 15) is 4.79 Å². The average molecular weight is 313 g/mol. The van der Waals surface area contributed by atoms with Gasteiger partial charge in [0.25, 0.3) is 5.91 Å². The van der Waals surface area contributed by atoms with Crippen LogP contribution >= 0.6 is 24.8 Å². The first kappa shape index (κ1) is 17.9. The van der Waals surface area contributed by atoms with Crippen LogP contribution in [0.25, 0.3) is 11.3 Å². The van der Waals surface area contributed by atoms with Gasteiger partial charge < -0.3 is 11.5 Å². The van der Waals surface area contributed by atoms with Gasteiger partial charge in [-0.1, -0.05) is 18.2 Å². The zero-order valence-corrected chi connectivity index (χ0v) is 12.0. The van der Waals surface area contributed by atoms with Gasteiger partial charge in [-0.3, -0.25) is 9.78 Å². The van der Waals surface area contributed by atoms with Gasteiger partial charge in [-0.15, -0.1) is 24.8 Å². The van der Waals surface area contributed by atoms with Crippen LogP contribution in [0.1, 0.15) is 10.4 Å². The van der Waals surface area contributed by atoms with Crippen molar-refractivity contribution in [1.82, 2.24) is 4.98 Å². The highest BCUT2D eigenvalue weighted by Crippen LogP contribution is 2.18. The number of rotatable bonds is 2. The Bertz CT molecular complexity index is 598. The second kappa shape index (κ2) is 8.14. The van der Waals surface area contributed by atoms with Crippen LogP contribution in [0.3, 0.4) is 0 Å². The SMILES string of the molecule is Cl.Cl.NC(N)=NC(=O)c1cccc(-c2ccccn2)c1. The number of carbonyl (C=O) groups is 1. The Morgan fingerprint density at radius 3 is 2.40 bits per heavy atom. The van der Waals surface area contributed by atoms with E-state index in [1.807, 2.05) is 24.3 Å². The molecule has 2 rings (SSSR count). The van der Waals surface area contributed by atoms with Gasteiger partial charge >= 0.3 is 0 Å². The molecule has 0 saturated carbocycles. The van der Waals surface area contributed by atoms with Gasteiger partial charge in [0, 0.05) is 17.3 Å². The number of carbonyl (C=O) groups excluding carboxylic acids is 1. The molecule has 0 bridgehead atoms. The van der Waals surface area contributed by atoms with Gasteiger partial charge in [0.1, 0.15) is 0 Å². The Labute approximate surface area is 128 Å². The molecule has 1 amide bonds. The van der Waals surface area contributed by atoms with Crippen LogP contribution in [0.4, 0.5) is 0 Å². The van der Waals surface area contributed by atoms with Crippen molar-refractivity contribution in [1.29, 1.82) is 0 Å². The molecule has 2 aromatic rings. The summed E-state index contributed by atoms with van der Waals surface area (Å²) in [5.74, 6) is -0.712. The van der Waals surface area contributed by atoms with E-state index in [1.165, 1.54) is 0 Å². The molecule has 0 saturated heterocycles. The third-order valence-corrected chi connectivity index (χ3v) is 2.30. The van der Waals surface area contributed by atoms with Crippen LogP contribution in [0.2, 0.25) is 0 Å². The fourth-order valence-electron chi connectivity index (χ4n) is 1.53. The Balaban J connectivity index is 0.00000180. The van der Waals surface area contributed by atoms with E-state index in [-0.39, 0.29) is 30.8 Å². The van der Waals surface area contributed by atoms with Crippen LogP contribution in [0.15, 0.2) is 53.7 Å². The maximum absolute atomic E-state index is 11.7. The van der Waals surface area contributed by atoms with E-state index in [2.05, 4.69) is 9.98 Å². The number of hydrogen-bond donors (Lipinski definition) is 2. The fraction of sp³-hybridized carbons (Fsp3) is 0. The molecule has 0 spiro atoms. The molecule has 20 heavy (non-hydrogen) atoms. The van der Waals surface area contributed by atoms with Gasteiger partial charge in [0.15, 0.2) is 5.96 Å². The molecular weight excluding hydrogens is 299 g/mol. The molecule has 1 aromatic carbocycles. The minimum absolute atomic E-state index is 0. The molecule has 0 unspecified atom stereocenters. The zero-order valence-electron chi connectivity index (χ0n) is 10.4. The summed E-state index contributed by atoms with van der Waals surface area (Å²) in [5.41, 5.74) is 12.4. The lowest BCUT2D eigenvalue weighted by molar-refractivity contribution is 0.100. The van der Waals surface area contributed by atoms with Crippen molar-refractivity contribution in [3.05, 3.63) is 54.2 Å². The molecule has 5 nitrogen and oxygen atoms in total. The number of amides is 1. The minimum atomic E-state index is -0.465.